The Kier molecular flexibility index (Phi) is 6.20. The normalized spacial score (nSPS) is 10.8. The number of hydrogen-bond donors (Lipinski definition) is 0. The van der Waals surface area contributed by atoms with E-state index in [1.807, 2.05) is 12.3 Å². The number of fused-ring (bicyclic) bond motifs is 1. The Labute approximate surface area is 165 Å². The van der Waals surface area contributed by atoms with E-state index in [0.717, 1.165) is 5.69 Å². The first kappa shape index (κ1) is 19.8. The van der Waals surface area contributed by atoms with E-state index in [1.54, 1.807) is 24.3 Å². The predicted octanol–water partition coefficient (Wildman–Crippen LogP) is 3.17. The van der Waals surface area contributed by atoms with Crippen LogP contribution in [0.2, 0.25) is 0 Å². The van der Waals surface area contributed by atoms with Gasteiger partial charge in [-0.1, -0.05) is 0 Å². The highest BCUT2D eigenvalue weighted by Gasteiger charge is 2.09. The van der Waals surface area contributed by atoms with Gasteiger partial charge in [0.05, 0.1) is 12.3 Å². The molecule has 0 atom stereocenters. The first-order valence-electron chi connectivity index (χ1n) is 8.80. The largest absolute Gasteiger partial charge is 0.494 e. The number of carbonyl (C=O) groups excluding carboxylic acids is 2. The third-order valence-corrected chi connectivity index (χ3v) is 5.01. The Morgan fingerprint density at radius 1 is 1.21 bits per heavy atom. The molecule has 2 heterocycles. The van der Waals surface area contributed by atoms with Gasteiger partial charge in [-0.2, -0.15) is 0 Å². The maximum Gasteiger partial charge on any atom is 0.306 e. The van der Waals surface area contributed by atoms with Crippen LogP contribution in [0.25, 0.3) is 4.96 Å². The minimum Gasteiger partial charge on any atom is -0.494 e. The summed E-state index contributed by atoms with van der Waals surface area (Å²) in [5, 5.41) is 1.85. The van der Waals surface area contributed by atoms with E-state index >= 15 is 0 Å². The number of benzene rings is 1. The van der Waals surface area contributed by atoms with Gasteiger partial charge >= 0.3 is 5.97 Å². The van der Waals surface area contributed by atoms with E-state index < -0.39 is 0 Å². The van der Waals surface area contributed by atoms with E-state index in [0.29, 0.717) is 35.0 Å². The highest BCUT2D eigenvalue weighted by Crippen LogP contribution is 2.14. The molecule has 0 aliphatic carbocycles. The van der Waals surface area contributed by atoms with E-state index in [1.165, 1.54) is 28.7 Å². The highest BCUT2D eigenvalue weighted by molar-refractivity contribution is 7.15. The second-order valence-electron chi connectivity index (χ2n) is 6.27. The summed E-state index contributed by atoms with van der Waals surface area (Å²) in [5.74, 6) is 0.266. The second-order valence-corrected chi connectivity index (χ2v) is 7.11. The molecule has 0 N–H and O–H groups in total. The topological polar surface area (TPSA) is 87.0 Å². The summed E-state index contributed by atoms with van der Waals surface area (Å²) in [6.45, 7) is 3.67. The smallest absolute Gasteiger partial charge is 0.306 e. The molecule has 0 unspecified atom stereocenters. The van der Waals surface area contributed by atoms with Crippen molar-refractivity contribution < 1.29 is 19.1 Å². The lowest BCUT2D eigenvalue weighted by Crippen LogP contribution is -2.16. The van der Waals surface area contributed by atoms with Crippen molar-refractivity contribution in [3.05, 3.63) is 63.0 Å². The first-order valence-corrected chi connectivity index (χ1v) is 9.68. The number of nitrogens with zero attached hydrogens (tertiary/aromatic N) is 2. The highest BCUT2D eigenvalue weighted by atomic mass is 32.1. The minimum absolute atomic E-state index is 0.000147. The minimum atomic E-state index is -0.375. The number of esters is 1. The second kappa shape index (κ2) is 8.79. The van der Waals surface area contributed by atoms with Crippen molar-refractivity contribution in [3.8, 4) is 5.75 Å². The molecule has 0 spiro atoms. The van der Waals surface area contributed by atoms with Crippen LogP contribution in [0.15, 0.2) is 40.5 Å². The van der Waals surface area contributed by atoms with Gasteiger partial charge in [-0.3, -0.25) is 18.8 Å². The van der Waals surface area contributed by atoms with Gasteiger partial charge in [-0.15, -0.1) is 11.3 Å². The molecule has 3 rings (SSSR count). The van der Waals surface area contributed by atoms with Crippen LogP contribution in [0, 0.1) is 6.92 Å². The van der Waals surface area contributed by atoms with Gasteiger partial charge in [0.1, 0.15) is 12.4 Å². The van der Waals surface area contributed by atoms with E-state index in [-0.39, 0.29) is 30.3 Å². The van der Waals surface area contributed by atoms with Gasteiger partial charge in [0.25, 0.3) is 5.56 Å². The molecule has 0 radical (unpaired) electrons. The summed E-state index contributed by atoms with van der Waals surface area (Å²) < 4.78 is 12.3. The lowest BCUT2D eigenvalue weighted by molar-refractivity contribution is -0.145. The standard InChI is InChI=1S/C20H20N2O5S/c1-13-12-28-20-21-16(10-18(24)22(13)20)11-27-19(25)4-3-9-26-17-7-5-15(6-8-17)14(2)23/h5-8,10,12H,3-4,9,11H2,1-2H3. The van der Waals surface area contributed by atoms with Crippen molar-refractivity contribution in [2.45, 2.75) is 33.3 Å². The van der Waals surface area contributed by atoms with Crippen molar-refractivity contribution >= 4 is 28.1 Å². The number of ether oxygens (including phenoxy) is 2. The Balaban J connectivity index is 1.42. The van der Waals surface area contributed by atoms with E-state index in [2.05, 4.69) is 4.98 Å². The van der Waals surface area contributed by atoms with Crippen LogP contribution in [0.4, 0.5) is 0 Å². The third-order valence-electron chi connectivity index (χ3n) is 4.06. The van der Waals surface area contributed by atoms with Crippen molar-refractivity contribution in [2.24, 2.45) is 0 Å². The van der Waals surface area contributed by atoms with Crippen molar-refractivity contribution in [1.82, 2.24) is 9.38 Å². The number of Topliss-reactive ketones (excluding diaryl/α,β-unsaturated/α-hetero) is 1. The number of aromatic nitrogens is 2. The van der Waals surface area contributed by atoms with Gasteiger partial charge in [-0.25, -0.2) is 4.98 Å². The average Bonchev–Trinajstić information content (AvgIpc) is 3.05. The van der Waals surface area contributed by atoms with Gasteiger partial charge in [-0.05, 0) is 44.5 Å². The summed E-state index contributed by atoms with van der Waals surface area (Å²) in [4.78, 5) is 40.1. The zero-order chi connectivity index (χ0) is 20.1. The molecule has 0 saturated heterocycles. The number of rotatable bonds is 8. The summed E-state index contributed by atoms with van der Waals surface area (Å²) in [5.41, 5.74) is 1.71. The van der Waals surface area contributed by atoms with Crippen molar-refractivity contribution in [3.63, 3.8) is 0 Å². The van der Waals surface area contributed by atoms with Crippen LogP contribution in [0.3, 0.4) is 0 Å². The molecule has 2 aromatic heterocycles. The molecule has 28 heavy (non-hydrogen) atoms. The number of thiazole rings is 1. The van der Waals surface area contributed by atoms with Crippen LogP contribution in [-0.4, -0.2) is 27.7 Å². The first-order chi connectivity index (χ1) is 13.4. The Bertz CT molecular complexity index is 1050. The number of aryl methyl sites for hydroxylation is 1. The van der Waals surface area contributed by atoms with Crippen LogP contribution in [0.1, 0.15) is 41.5 Å². The molecule has 0 aliphatic rings. The molecule has 0 amide bonds. The molecular formula is C20H20N2O5S. The summed E-state index contributed by atoms with van der Waals surface area (Å²) in [7, 11) is 0. The Morgan fingerprint density at radius 3 is 2.68 bits per heavy atom. The third kappa shape index (κ3) is 4.83. The summed E-state index contributed by atoms with van der Waals surface area (Å²) in [6, 6.07) is 8.23. The predicted molar refractivity (Wildman–Crippen MR) is 105 cm³/mol. The molecule has 1 aromatic carbocycles. The van der Waals surface area contributed by atoms with Crippen LogP contribution in [0.5, 0.6) is 5.75 Å². The lowest BCUT2D eigenvalue weighted by atomic mass is 10.1. The number of carbonyl (C=O) groups is 2. The quantitative estimate of drug-likeness (QED) is 0.328. The fourth-order valence-electron chi connectivity index (χ4n) is 2.59. The molecule has 0 bridgehead atoms. The van der Waals surface area contributed by atoms with Crippen LogP contribution < -0.4 is 10.3 Å². The molecule has 0 aliphatic heterocycles. The van der Waals surface area contributed by atoms with Gasteiger partial charge in [0, 0.05) is 29.1 Å². The Hall–Kier alpha value is -3.00. The van der Waals surface area contributed by atoms with E-state index in [9.17, 15) is 14.4 Å². The lowest BCUT2D eigenvalue weighted by Gasteiger charge is -2.07. The summed E-state index contributed by atoms with van der Waals surface area (Å²) >= 11 is 1.37. The molecule has 7 nitrogen and oxygen atoms in total. The SMILES string of the molecule is CC(=O)c1ccc(OCCCC(=O)OCc2cc(=O)n3c(C)csc3n2)cc1. The zero-order valence-corrected chi connectivity index (χ0v) is 16.5. The van der Waals surface area contributed by atoms with Gasteiger partial charge in [0.15, 0.2) is 10.7 Å². The zero-order valence-electron chi connectivity index (χ0n) is 15.6. The average molecular weight is 400 g/mol. The molecule has 8 heteroatoms. The number of ketones is 1. The summed E-state index contributed by atoms with van der Waals surface area (Å²) in [6.07, 6.45) is 0.692. The maximum atomic E-state index is 12.1. The van der Waals surface area contributed by atoms with E-state index in [4.69, 9.17) is 9.47 Å². The molecular weight excluding hydrogens is 380 g/mol. The maximum absolute atomic E-state index is 12.1. The molecule has 3 aromatic rings. The van der Waals surface area contributed by atoms with Gasteiger partial charge in [0.2, 0.25) is 0 Å². The molecule has 0 fully saturated rings. The molecule has 0 saturated carbocycles. The fraction of sp³-hybridized carbons (Fsp3) is 0.300. The molecule has 146 valence electrons. The fourth-order valence-corrected chi connectivity index (χ4v) is 3.48. The van der Waals surface area contributed by atoms with Crippen molar-refractivity contribution in [1.29, 1.82) is 0 Å². The van der Waals surface area contributed by atoms with Crippen molar-refractivity contribution in [2.75, 3.05) is 6.61 Å². The Morgan fingerprint density at radius 2 is 1.96 bits per heavy atom. The van der Waals surface area contributed by atoms with Crippen LogP contribution >= 0.6 is 11.3 Å². The monoisotopic (exact) mass is 400 g/mol. The van der Waals surface area contributed by atoms with Gasteiger partial charge < -0.3 is 9.47 Å². The van der Waals surface area contributed by atoms with Crippen LogP contribution in [-0.2, 0) is 16.1 Å². The number of hydrogen-bond acceptors (Lipinski definition) is 7.